The second-order valence-electron chi connectivity index (χ2n) is 6.14. The van der Waals surface area contributed by atoms with Gasteiger partial charge in [-0.15, -0.1) is 0 Å². The first-order valence-electron chi connectivity index (χ1n) is 8.37. The van der Waals surface area contributed by atoms with Gasteiger partial charge in [-0.25, -0.2) is 4.98 Å². The van der Waals surface area contributed by atoms with Crippen LogP contribution >= 0.6 is 0 Å². The van der Waals surface area contributed by atoms with Gasteiger partial charge < -0.3 is 14.2 Å². The van der Waals surface area contributed by atoms with Gasteiger partial charge in [0, 0.05) is 51.0 Å². The number of carbonyl (C=O) groups is 1. The summed E-state index contributed by atoms with van der Waals surface area (Å²) in [6.45, 7) is 8.49. The quantitative estimate of drug-likeness (QED) is 0.831. The van der Waals surface area contributed by atoms with Gasteiger partial charge in [0.25, 0.3) is 0 Å². The van der Waals surface area contributed by atoms with Crippen molar-refractivity contribution in [1.29, 1.82) is 0 Å². The highest BCUT2D eigenvalue weighted by Gasteiger charge is 2.28. The summed E-state index contributed by atoms with van der Waals surface area (Å²) in [6, 6.07) is 0. The smallest absolute Gasteiger partial charge is 0.236 e. The molecule has 3 rings (SSSR count). The fourth-order valence-electron chi connectivity index (χ4n) is 3.41. The summed E-state index contributed by atoms with van der Waals surface area (Å²) in [4.78, 5) is 21.3. The number of hydrogen-bond donors (Lipinski definition) is 0. The maximum absolute atomic E-state index is 12.6. The molecule has 1 atom stereocenters. The second kappa shape index (κ2) is 7.24. The van der Waals surface area contributed by atoms with Gasteiger partial charge in [-0.3, -0.25) is 9.69 Å². The Hall–Kier alpha value is -1.40. The molecule has 0 radical (unpaired) electrons. The molecule has 3 heterocycles. The Kier molecular flexibility index (Phi) is 5.10. The van der Waals surface area contributed by atoms with Crippen LogP contribution in [0.4, 0.5) is 0 Å². The molecule has 2 saturated heterocycles. The first kappa shape index (κ1) is 15.5. The van der Waals surface area contributed by atoms with Crippen LogP contribution in [0.25, 0.3) is 0 Å². The molecule has 0 aliphatic carbocycles. The van der Waals surface area contributed by atoms with Crippen LogP contribution in [0.15, 0.2) is 12.4 Å². The number of carbonyl (C=O) groups excluding carboxylic acids is 1. The van der Waals surface area contributed by atoms with E-state index in [4.69, 9.17) is 4.74 Å². The van der Waals surface area contributed by atoms with Gasteiger partial charge >= 0.3 is 0 Å². The zero-order valence-corrected chi connectivity index (χ0v) is 13.4. The third-order valence-corrected chi connectivity index (χ3v) is 4.69. The molecular weight excluding hydrogens is 280 g/mol. The number of imidazole rings is 1. The molecule has 6 heteroatoms. The zero-order chi connectivity index (χ0) is 15.4. The molecule has 1 aromatic rings. The Morgan fingerprint density at radius 1 is 1.36 bits per heavy atom. The maximum Gasteiger partial charge on any atom is 0.236 e. The molecule has 1 amide bonds. The molecule has 1 unspecified atom stereocenters. The van der Waals surface area contributed by atoms with Crippen molar-refractivity contribution in [2.24, 2.45) is 0 Å². The Labute approximate surface area is 132 Å². The molecule has 0 spiro atoms. The van der Waals surface area contributed by atoms with E-state index in [9.17, 15) is 4.79 Å². The van der Waals surface area contributed by atoms with Crippen molar-refractivity contribution in [2.75, 3.05) is 45.9 Å². The SMILES string of the molecule is CCn1ccnc1C1CCCN(C(=O)CN2CCOCC2)C1. The minimum Gasteiger partial charge on any atom is -0.379 e. The molecule has 1 aromatic heterocycles. The van der Waals surface area contributed by atoms with Crippen LogP contribution in [0.3, 0.4) is 0 Å². The summed E-state index contributed by atoms with van der Waals surface area (Å²) < 4.78 is 7.54. The third kappa shape index (κ3) is 3.50. The average molecular weight is 306 g/mol. The Balaban J connectivity index is 1.59. The number of ether oxygens (including phenoxy) is 1. The standard InChI is InChI=1S/C16H26N4O2/c1-2-19-7-5-17-16(19)14-4-3-6-20(12-14)15(21)13-18-8-10-22-11-9-18/h5,7,14H,2-4,6,8-13H2,1H3. The van der Waals surface area contributed by atoms with E-state index >= 15 is 0 Å². The van der Waals surface area contributed by atoms with E-state index in [0.29, 0.717) is 12.5 Å². The van der Waals surface area contributed by atoms with Crippen molar-refractivity contribution in [3.05, 3.63) is 18.2 Å². The minimum absolute atomic E-state index is 0.251. The van der Waals surface area contributed by atoms with E-state index in [1.54, 1.807) is 0 Å². The van der Waals surface area contributed by atoms with Crippen LogP contribution in [-0.4, -0.2) is 71.2 Å². The van der Waals surface area contributed by atoms with Crippen molar-refractivity contribution in [2.45, 2.75) is 32.2 Å². The molecule has 2 aliphatic rings. The second-order valence-corrected chi connectivity index (χ2v) is 6.14. The van der Waals surface area contributed by atoms with E-state index in [2.05, 4.69) is 21.4 Å². The molecule has 2 fully saturated rings. The summed E-state index contributed by atoms with van der Waals surface area (Å²) in [5, 5.41) is 0. The number of likely N-dealkylation sites (tertiary alicyclic amines) is 1. The van der Waals surface area contributed by atoms with Gasteiger partial charge in [-0.2, -0.15) is 0 Å². The maximum atomic E-state index is 12.6. The van der Waals surface area contributed by atoms with Gasteiger partial charge in [-0.1, -0.05) is 0 Å². The molecule has 0 bridgehead atoms. The lowest BCUT2D eigenvalue weighted by Crippen LogP contribution is -2.47. The topological polar surface area (TPSA) is 50.6 Å². The van der Waals surface area contributed by atoms with E-state index < -0.39 is 0 Å². The summed E-state index contributed by atoms with van der Waals surface area (Å²) in [6.07, 6.45) is 6.09. The van der Waals surface area contributed by atoms with E-state index in [1.165, 1.54) is 0 Å². The normalized spacial score (nSPS) is 23.7. The summed E-state index contributed by atoms with van der Waals surface area (Å²) in [7, 11) is 0. The van der Waals surface area contributed by atoms with Crippen LogP contribution in [0.2, 0.25) is 0 Å². The number of hydrogen-bond acceptors (Lipinski definition) is 4. The fourth-order valence-corrected chi connectivity index (χ4v) is 3.41. The molecule has 0 N–H and O–H groups in total. The number of nitrogens with zero attached hydrogens (tertiary/aromatic N) is 4. The van der Waals surface area contributed by atoms with Crippen molar-refractivity contribution in [1.82, 2.24) is 19.4 Å². The number of aryl methyl sites for hydroxylation is 1. The molecule has 6 nitrogen and oxygen atoms in total. The predicted octanol–water partition coefficient (Wildman–Crippen LogP) is 0.941. The number of rotatable bonds is 4. The summed E-state index contributed by atoms with van der Waals surface area (Å²) in [5.41, 5.74) is 0. The van der Waals surface area contributed by atoms with Crippen LogP contribution in [-0.2, 0) is 16.1 Å². The summed E-state index contributed by atoms with van der Waals surface area (Å²) in [5.74, 6) is 1.75. The molecule has 2 aliphatic heterocycles. The highest BCUT2D eigenvalue weighted by molar-refractivity contribution is 5.78. The van der Waals surface area contributed by atoms with Crippen molar-refractivity contribution in [3.8, 4) is 0 Å². The summed E-state index contributed by atoms with van der Waals surface area (Å²) >= 11 is 0. The average Bonchev–Trinajstić information content (AvgIpc) is 3.04. The first-order chi connectivity index (χ1) is 10.8. The highest BCUT2D eigenvalue weighted by Crippen LogP contribution is 2.26. The van der Waals surface area contributed by atoms with Gasteiger partial charge in [0.05, 0.1) is 19.8 Å². The highest BCUT2D eigenvalue weighted by atomic mass is 16.5. The first-order valence-corrected chi connectivity index (χ1v) is 8.37. The molecule has 0 aromatic carbocycles. The molecular formula is C16H26N4O2. The van der Waals surface area contributed by atoms with Crippen molar-refractivity contribution >= 4 is 5.91 Å². The number of amides is 1. The van der Waals surface area contributed by atoms with E-state index in [-0.39, 0.29) is 5.91 Å². The zero-order valence-electron chi connectivity index (χ0n) is 13.4. The van der Waals surface area contributed by atoms with Crippen LogP contribution < -0.4 is 0 Å². The largest absolute Gasteiger partial charge is 0.379 e. The number of morpholine rings is 1. The van der Waals surface area contributed by atoms with Crippen molar-refractivity contribution in [3.63, 3.8) is 0 Å². The fraction of sp³-hybridized carbons (Fsp3) is 0.750. The Morgan fingerprint density at radius 3 is 2.95 bits per heavy atom. The van der Waals surface area contributed by atoms with Crippen LogP contribution in [0.5, 0.6) is 0 Å². The minimum atomic E-state index is 0.251. The van der Waals surface area contributed by atoms with Gasteiger partial charge in [0.1, 0.15) is 5.82 Å². The lowest BCUT2D eigenvalue weighted by atomic mass is 9.97. The van der Waals surface area contributed by atoms with Crippen LogP contribution in [0.1, 0.15) is 31.5 Å². The lowest BCUT2D eigenvalue weighted by molar-refractivity contribution is -0.134. The number of piperidine rings is 1. The lowest BCUT2D eigenvalue weighted by Gasteiger charge is -2.35. The van der Waals surface area contributed by atoms with Gasteiger partial charge in [0.15, 0.2) is 0 Å². The number of aromatic nitrogens is 2. The van der Waals surface area contributed by atoms with Gasteiger partial charge in [-0.05, 0) is 19.8 Å². The Bertz CT molecular complexity index is 496. The Morgan fingerprint density at radius 2 is 2.18 bits per heavy atom. The van der Waals surface area contributed by atoms with Crippen molar-refractivity contribution < 1.29 is 9.53 Å². The van der Waals surface area contributed by atoms with E-state index in [0.717, 1.165) is 64.6 Å². The van der Waals surface area contributed by atoms with Gasteiger partial charge in [0.2, 0.25) is 5.91 Å². The molecule has 0 saturated carbocycles. The van der Waals surface area contributed by atoms with E-state index in [1.807, 2.05) is 17.3 Å². The third-order valence-electron chi connectivity index (χ3n) is 4.69. The molecule has 22 heavy (non-hydrogen) atoms. The monoisotopic (exact) mass is 306 g/mol. The predicted molar refractivity (Wildman–Crippen MR) is 83.7 cm³/mol. The van der Waals surface area contributed by atoms with Crippen LogP contribution in [0, 0.1) is 0 Å². The molecule has 122 valence electrons.